The van der Waals surface area contributed by atoms with Crippen LogP contribution < -0.4 is 11.1 Å². The highest BCUT2D eigenvalue weighted by Crippen LogP contribution is 2.22. The largest absolute Gasteiger partial charge is 0.379 e. The van der Waals surface area contributed by atoms with Gasteiger partial charge in [-0.15, -0.1) is 0 Å². The van der Waals surface area contributed by atoms with Gasteiger partial charge >= 0.3 is 0 Å². The van der Waals surface area contributed by atoms with Crippen LogP contribution in [-0.4, -0.2) is 43.7 Å². The van der Waals surface area contributed by atoms with Crippen molar-refractivity contribution in [2.75, 3.05) is 38.2 Å². The van der Waals surface area contributed by atoms with Crippen molar-refractivity contribution < 1.29 is 9.53 Å². The standard InChI is InChI=1S/C15H23N3O2/c1-12(18-8-10-20-11-9-18)13-2-4-14(5-3-13)17-15(19)6-7-16/h2-5,12H,6-11,16H2,1H3,(H,17,19). The third-order valence-corrected chi connectivity index (χ3v) is 3.64. The van der Waals surface area contributed by atoms with Gasteiger partial charge in [0.1, 0.15) is 0 Å². The molecule has 5 heteroatoms. The summed E-state index contributed by atoms with van der Waals surface area (Å²) in [5, 5.41) is 2.84. The fourth-order valence-electron chi connectivity index (χ4n) is 2.38. The third kappa shape index (κ3) is 4.03. The molecule has 1 aromatic rings. The monoisotopic (exact) mass is 277 g/mol. The molecule has 1 saturated heterocycles. The smallest absolute Gasteiger partial charge is 0.225 e. The lowest BCUT2D eigenvalue weighted by Crippen LogP contribution is -2.37. The first kappa shape index (κ1) is 15.0. The van der Waals surface area contributed by atoms with Gasteiger partial charge in [0.2, 0.25) is 5.91 Å². The second-order valence-corrected chi connectivity index (χ2v) is 5.03. The highest BCUT2D eigenvalue weighted by atomic mass is 16.5. The molecule has 0 saturated carbocycles. The lowest BCUT2D eigenvalue weighted by atomic mass is 10.1. The first-order valence-electron chi connectivity index (χ1n) is 7.12. The van der Waals surface area contributed by atoms with E-state index in [0.717, 1.165) is 32.0 Å². The number of ether oxygens (including phenoxy) is 1. The van der Waals surface area contributed by atoms with Crippen LogP contribution in [0.3, 0.4) is 0 Å². The van der Waals surface area contributed by atoms with E-state index in [1.54, 1.807) is 0 Å². The molecule has 1 unspecified atom stereocenters. The van der Waals surface area contributed by atoms with E-state index in [4.69, 9.17) is 10.5 Å². The summed E-state index contributed by atoms with van der Waals surface area (Å²) in [4.78, 5) is 13.9. The number of rotatable bonds is 5. The normalized spacial score (nSPS) is 17.7. The summed E-state index contributed by atoms with van der Waals surface area (Å²) in [6.45, 7) is 6.12. The minimum absolute atomic E-state index is 0.0403. The van der Waals surface area contributed by atoms with Crippen LogP contribution in [-0.2, 0) is 9.53 Å². The number of nitrogens with two attached hydrogens (primary N) is 1. The molecule has 2 rings (SSSR count). The summed E-state index contributed by atoms with van der Waals surface area (Å²) in [6, 6.07) is 8.39. The molecule has 0 aliphatic carbocycles. The van der Waals surface area contributed by atoms with Gasteiger partial charge in [-0.1, -0.05) is 12.1 Å². The van der Waals surface area contributed by atoms with E-state index in [9.17, 15) is 4.79 Å². The number of amides is 1. The van der Waals surface area contributed by atoms with Crippen LogP contribution in [0.1, 0.15) is 24.9 Å². The summed E-state index contributed by atoms with van der Waals surface area (Å²) in [5.74, 6) is -0.0403. The molecular formula is C15H23N3O2. The Bertz CT molecular complexity index is 427. The van der Waals surface area contributed by atoms with Gasteiger partial charge in [-0.2, -0.15) is 0 Å². The Morgan fingerprint density at radius 3 is 2.60 bits per heavy atom. The highest BCUT2D eigenvalue weighted by molar-refractivity contribution is 5.90. The fourth-order valence-corrected chi connectivity index (χ4v) is 2.38. The van der Waals surface area contributed by atoms with Crippen molar-refractivity contribution in [1.82, 2.24) is 4.90 Å². The van der Waals surface area contributed by atoms with Gasteiger partial charge in [-0.3, -0.25) is 9.69 Å². The molecule has 1 aliphatic rings. The molecule has 0 radical (unpaired) electrons. The number of carbonyl (C=O) groups excluding carboxylic acids is 1. The van der Waals surface area contributed by atoms with Gasteiger partial charge in [0.05, 0.1) is 13.2 Å². The highest BCUT2D eigenvalue weighted by Gasteiger charge is 2.18. The zero-order valence-electron chi connectivity index (χ0n) is 12.0. The Morgan fingerprint density at radius 1 is 1.35 bits per heavy atom. The van der Waals surface area contributed by atoms with Crippen LogP contribution in [0.4, 0.5) is 5.69 Å². The minimum Gasteiger partial charge on any atom is -0.379 e. The van der Waals surface area contributed by atoms with Gasteiger partial charge in [-0.25, -0.2) is 0 Å². The lowest BCUT2D eigenvalue weighted by Gasteiger charge is -2.32. The van der Waals surface area contributed by atoms with E-state index in [0.29, 0.717) is 19.0 Å². The molecule has 1 aromatic carbocycles. The van der Waals surface area contributed by atoms with Gasteiger partial charge in [0.25, 0.3) is 0 Å². The first-order valence-corrected chi connectivity index (χ1v) is 7.12. The van der Waals surface area contributed by atoms with Crippen LogP contribution in [0.5, 0.6) is 0 Å². The summed E-state index contributed by atoms with van der Waals surface area (Å²) in [5.41, 5.74) is 7.43. The Kier molecular flexibility index (Phi) is 5.52. The van der Waals surface area contributed by atoms with E-state index < -0.39 is 0 Å². The topological polar surface area (TPSA) is 67.6 Å². The van der Waals surface area contributed by atoms with Crippen molar-refractivity contribution in [3.63, 3.8) is 0 Å². The van der Waals surface area contributed by atoms with E-state index in [2.05, 4.69) is 29.3 Å². The number of carbonyl (C=O) groups is 1. The third-order valence-electron chi connectivity index (χ3n) is 3.64. The van der Waals surface area contributed by atoms with Crippen molar-refractivity contribution in [3.05, 3.63) is 29.8 Å². The molecule has 110 valence electrons. The molecule has 1 atom stereocenters. The molecule has 5 nitrogen and oxygen atoms in total. The second kappa shape index (κ2) is 7.38. The summed E-state index contributed by atoms with van der Waals surface area (Å²) >= 11 is 0. The quantitative estimate of drug-likeness (QED) is 0.853. The molecule has 20 heavy (non-hydrogen) atoms. The van der Waals surface area contributed by atoms with Gasteiger partial charge in [0, 0.05) is 37.8 Å². The average molecular weight is 277 g/mol. The van der Waals surface area contributed by atoms with Crippen LogP contribution in [0.15, 0.2) is 24.3 Å². The number of hydrogen-bond donors (Lipinski definition) is 2. The number of anilines is 1. The second-order valence-electron chi connectivity index (χ2n) is 5.03. The van der Waals surface area contributed by atoms with E-state index >= 15 is 0 Å². The lowest BCUT2D eigenvalue weighted by molar-refractivity contribution is -0.116. The molecule has 0 spiro atoms. The molecule has 3 N–H and O–H groups in total. The average Bonchev–Trinajstić information content (AvgIpc) is 2.48. The summed E-state index contributed by atoms with van der Waals surface area (Å²) in [7, 11) is 0. The number of morpholine rings is 1. The van der Waals surface area contributed by atoms with Gasteiger partial charge < -0.3 is 15.8 Å². The Labute approximate surface area is 120 Å². The zero-order chi connectivity index (χ0) is 14.4. The molecule has 1 aliphatic heterocycles. The Hall–Kier alpha value is -1.43. The van der Waals surface area contributed by atoms with E-state index in [1.807, 2.05) is 12.1 Å². The fraction of sp³-hybridized carbons (Fsp3) is 0.533. The van der Waals surface area contributed by atoms with Gasteiger partial charge in [0.15, 0.2) is 0 Å². The maximum absolute atomic E-state index is 11.5. The molecule has 0 aromatic heterocycles. The first-order chi connectivity index (χ1) is 9.70. The SMILES string of the molecule is CC(c1ccc(NC(=O)CCN)cc1)N1CCOCC1. The van der Waals surface area contributed by atoms with E-state index in [-0.39, 0.29) is 5.91 Å². The van der Waals surface area contributed by atoms with Crippen LogP contribution >= 0.6 is 0 Å². The van der Waals surface area contributed by atoms with Gasteiger partial charge in [-0.05, 0) is 24.6 Å². The van der Waals surface area contributed by atoms with Crippen molar-refractivity contribution in [1.29, 1.82) is 0 Å². The number of nitrogens with zero attached hydrogens (tertiary/aromatic N) is 1. The molecule has 0 bridgehead atoms. The van der Waals surface area contributed by atoms with E-state index in [1.165, 1.54) is 5.56 Å². The molecule has 1 fully saturated rings. The molecule has 1 amide bonds. The Morgan fingerprint density at radius 2 is 2.00 bits per heavy atom. The maximum atomic E-state index is 11.5. The summed E-state index contributed by atoms with van der Waals surface area (Å²) in [6.07, 6.45) is 0.353. The van der Waals surface area contributed by atoms with Crippen LogP contribution in [0.25, 0.3) is 0 Å². The van der Waals surface area contributed by atoms with Crippen molar-refractivity contribution in [2.45, 2.75) is 19.4 Å². The van der Waals surface area contributed by atoms with Crippen molar-refractivity contribution in [2.24, 2.45) is 5.73 Å². The van der Waals surface area contributed by atoms with Crippen molar-refractivity contribution >= 4 is 11.6 Å². The Balaban J connectivity index is 1.94. The molecular weight excluding hydrogens is 254 g/mol. The predicted octanol–water partition coefficient (Wildman–Crippen LogP) is 1.37. The molecule has 1 heterocycles. The van der Waals surface area contributed by atoms with Crippen molar-refractivity contribution in [3.8, 4) is 0 Å². The number of hydrogen-bond acceptors (Lipinski definition) is 4. The van der Waals surface area contributed by atoms with Crippen LogP contribution in [0.2, 0.25) is 0 Å². The van der Waals surface area contributed by atoms with Crippen LogP contribution in [0, 0.1) is 0 Å². The predicted molar refractivity (Wildman–Crippen MR) is 79.6 cm³/mol. The minimum atomic E-state index is -0.0403. The number of nitrogens with one attached hydrogen (secondary N) is 1. The number of benzene rings is 1. The summed E-state index contributed by atoms with van der Waals surface area (Å²) < 4.78 is 5.37. The maximum Gasteiger partial charge on any atom is 0.225 e. The zero-order valence-corrected chi connectivity index (χ0v) is 12.0.